The molecule has 4 heterocycles. The molecule has 10 rings (SSSR count). The van der Waals surface area contributed by atoms with Crippen LogP contribution in [0.4, 0.5) is 0 Å². The van der Waals surface area contributed by atoms with E-state index in [1.165, 1.54) is 16.7 Å². The molecular formula is C72H86BBrN4O10. The third-order valence-electron chi connectivity index (χ3n) is 14.9. The molecule has 2 N–H and O–H groups in total. The summed E-state index contributed by atoms with van der Waals surface area (Å²) in [5.41, 5.74) is 10.1. The van der Waals surface area contributed by atoms with Crippen molar-refractivity contribution in [2.45, 2.75) is 156 Å². The molecule has 0 saturated carbocycles. The molecule has 0 radical (unpaired) electrons. The van der Waals surface area contributed by atoms with Gasteiger partial charge in [-0.15, -0.1) is 0 Å². The lowest BCUT2D eigenvalue weighted by atomic mass is 9.71. The van der Waals surface area contributed by atoms with Gasteiger partial charge in [-0.1, -0.05) is 115 Å². The second kappa shape index (κ2) is 32.2. The van der Waals surface area contributed by atoms with Gasteiger partial charge in [0.1, 0.15) is 22.7 Å². The van der Waals surface area contributed by atoms with E-state index in [1.54, 1.807) is 0 Å². The highest BCUT2D eigenvalue weighted by molar-refractivity contribution is 9.10. The first kappa shape index (κ1) is 66.6. The summed E-state index contributed by atoms with van der Waals surface area (Å²) in [6.07, 6.45) is 13.3. The van der Waals surface area contributed by atoms with Crippen LogP contribution in [-0.2, 0) is 28.5 Å². The average Bonchev–Trinajstić information content (AvgIpc) is 2.81. The number of rotatable bonds is 20. The van der Waals surface area contributed by atoms with Gasteiger partial charge in [-0.25, -0.2) is 9.36 Å². The van der Waals surface area contributed by atoms with E-state index in [-0.39, 0.29) is 24.4 Å². The monoisotopic (exact) mass is 1260 g/mol. The maximum atomic E-state index is 12.0. The van der Waals surface area contributed by atoms with Crippen molar-refractivity contribution < 1.29 is 48.1 Å². The minimum Gasteiger partial charge on any atom is -0.494 e. The lowest BCUT2D eigenvalue weighted by Crippen LogP contribution is -2.24. The van der Waals surface area contributed by atoms with Gasteiger partial charge in [0.2, 0.25) is 0 Å². The van der Waals surface area contributed by atoms with E-state index in [2.05, 4.69) is 88.6 Å². The molecule has 0 aliphatic carbocycles. The molecule has 2 atom stereocenters. The molecular weight excluding hydrogens is 1170 g/mol. The van der Waals surface area contributed by atoms with Crippen LogP contribution in [0.25, 0.3) is 38.5 Å². The number of hydrogen-bond acceptors (Lipinski definition) is 12. The van der Waals surface area contributed by atoms with Gasteiger partial charge in [-0.3, -0.25) is 9.59 Å². The average molecular weight is 1260 g/mol. The van der Waals surface area contributed by atoms with Crippen LogP contribution in [-0.4, -0.2) is 86.3 Å². The Morgan fingerprint density at radius 3 is 1.38 bits per heavy atom. The fourth-order valence-corrected chi connectivity index (χ4v) is 11.2. The molecule has 464 valence electrons. The molecule has 88 heavy (non-hydrogen) atoms. The van der Waals surface area contributed by atoms with Gasteiger partial charge in [-0.05, 0) is 216 Å². The Balaban J connectivity index is 0.000000205. The third kappa shape index (κ3) is 19.3. The van der Waals surface area contributed by atoms with Crippen molar-refractivity contribution in [2.75, 3.05) is 26.4 Å². The molecule has 2 fully saturated rings. The van der Waals surface area contributed by atoms with E-state index in [9.17, 15) is 19.6 Å². The Morgan fingerprint density at radius 1 is 0.557 bits per heavy atom. The number of esters is 2. The first-order chi connectivity index (χ1) is 42.4. The number of nitrogens with zero attached hydrogens (tertiary/aromatic N) is 4. The van der Waals surface area contributed by atoms with Crippen LogP contribution >= 0.6 is 15.9 Å². The molecule has 2 aromatic heterocycles. The summed E-state index contributed by atoms with van der Waals surface area (Å²) in [5, 5.41) is 31.8. The Labute approximate surface area is 528 Å². The number of carbonyl (C=O) groups excluding carboxylic acids is 2. The summed E-state index contributed by atoms with van der Waals surface area (Å²) in [7, 11) is -1.58. The molecule has 2 saturated heterocycles. The first-order valence-corrected chi connectivity index (χ1v) is 31.8. The maximum absolute atomic E-state index is 12.0. The van der Waals surface area contributed by atoms with Crippen molar-refractivity contribution in [3.63, 3.8) is 0 Å². The predicted molar refractivity (Wildman–Crippen MR) is 354 cm³/mol. The van der Waals surface area contributed by atoms with Gasteiger partial charge in [-0.2, -0.15) is 10.2 Å². The van der Waals surface area contributed by atoms with Crippen LogP contribution in [0.5, 0.6) is 11.5 Å². The molecule has 16 heteroatoms. The number of hydrogen-bond donors (Lipinski definition) is 2. The zero-order valence-corrected chi connectivity index (χ0v) is 54.0. The smallest absolute Gasteiger partial charge is 0.484 e. The Morgan fingerprint density at radius 2 is 0.989 bits per heavy atom. The molecule has 2 aliphatic rings. The summed E-state index contributed by atoms with van der Waals surface area (Å²) >= 11 is 3.31. The summed E-state index contributed by atoms with van der Waals surface area (Å²) in [6.45, 7) is 17.7. The minimum atomic E-state index is -1.58. The summed E-state index contributed by atoms with van der Waals surface area (Å²) in [6, 6.07) is 49.1. The van der Waals surface area contributed by atoms with Gasteiger partial charge in [0.15, 0.2) is 12.5 Å². The van der Waals surface area contributed by atoms with E-state index < -0.39 is 18.3 Å². The summed E-state index contributed by atoms with van der Waals surface area (Å²) in [4.78, 5) is 23.9. The van der Waals surface area contributed by atoms with Gasteiger partial charge in [0.05, 0.1) is 36.6 Å². The van der Waals surface area contributed by atoms with E-state index in [1.807, 2.05) is 155 Å². The lowest BCUT2D eigenvalue weighted by Gasteiger charge is -2.23. The van der Waals surface area contributed by atoms with Crippen molar-refractivity contribution >= 4 is 73.5 Å². The highest BCUT2D eigenvalue weighted by Crippen LogP contribution is 2.38. The van der Waals surface area contributed by atoms with Crippen LogP contribution in [0.1, 0.15) is 173 Å². The van der Waals surface area contributed by atoms with Crippen molar-refractivity contribution in [3.8, 4) is 11.5 Å². The van der Waals surface area contributed by atoms with Gasteiger partial charge in [0, 0.05) is 41.3 Å². The number of carbonyl (C=O) groups is 2. The van der Waals surface area contributed by atoms with Crippen LogP contribution in [0.2, 0.25) is 0 Å². The van der Waals surface area contributed by atoms with Crippen LogP contribution < -0.4 is 9.47 Å². The SMILES string of the molecule is Brc1ccccc1.CC/C(=C(/c1ccc(OCCCC(=O)OC(C)(C)C)cc1)c1ccc2c(cnn2C2CCCCO2)c1)c1ccccc1.CC/C(B(O)O)=C(/c1ccc(OCCCC(=O)OC(C)(C)C)cc1)c1ccc2c(cnn2C2CCCCO2)c1. The maximum Gasteiger partial charge on any atom is 0.484 e. The minimum absolute atomic E-state index is 0.00399. The fraction of sp³-hybridized carbons (Fsp3) is 0.389. The number of halogens is 1. The predicted octanol–water partition coefficient (Wildman–Crippen LogP) is 16.5. The molecule has 0 bridgehead atoms. The zero-order chi connectivity index (χ0) is 62.6. The number of benzene rings is 6. The lowest BCUT2D eigenvalue weighted by molar-refractivity contribution is -0.156. The number of ether oxygens (including phenoxy) is 6. The van der Waals surface area contributed by atoms with Crippen molar-refractivity contribution in [2.24, 2.45) is 0 Å². The quantitative estimate of drug-likeness (QED) is 0.0321. The van der Waals surface area contributed by atoms with E-state index in [4.69, 9.17) is 33.5 Å². The van der Waals surface area contributed by atoms with Gasteiger partial charge in [0.25, 0.3) is 0 Å². The molecule has 8 aromatic rings. The molecule has 2 unspecified atom stereocenters. The van der Waals surface area contributed by atoms with Crippen molar-refractivity contribution in [1.29, 1.82) is 0 Å². The van der Waals surface area contributed by atoms with Gasteiger partial charge < -0.3 is 38.5 Å². The Kier molecular flexibility index (Phi) is 24.4. The number of fused-ring (bicyclic) bond motifs is 2. The number of allylic oxidation sites excluding steroid dienone is 2. The topological polar surface area (TPSA) is 166 Å². The first-order valence-electron chi connectivity index (χ1n) is 31.0. The zero-order valence-electron chi connectivity index (χ0n) is 52.4. The standard InChI is InChI=1S/C36H42N2O4.C30H39BN2O6.C6H5Br/c1-5-31(26-12-7-6-8-13-26)35(27-16-19-30(20-17-27)40-23-11-15-34(39)42-36(2,3)4)28-18-21-32-29(24-28)25-37-38(32)33-14-9-10-22-41-33;1-5-25(31(35)36)29(21-11-14-24(15-12-21)37-18-8-10-28(34)39-30(2,3)4)22-13-16-26-23(19-22)20-32-33(26)27-9-6-7-17-38-27;7-6-4-2-1-3-5-6/h6-8,12-13,16-21,24-25,33H,5,9-11,14-15,22-23H2,1-4H3;11-16,19-20,27,35-36H,5-10,17-18H2,1-4H3;1-5H/b35-31+;29-25+;. The second-order valence-electron chi connectivity index (χ2n) is 24.0. The summed E-state index contributed by atoms with van der Waals surface area (Å²) in [5.74, 6) is 1.02. The molecule has 14 nitrogen and oxygen atoms in total. The molecule has 0 spiro atoms. The fourth-order valence-electron chi connectivity index (χ4n) is 10.9. The largest absolute Gasteiger partial charge is 0.494 e. The summed E-state index contributed by atoms with van der Waals surface area (Å²) < 4.78 is 39.6. The second-order valence-corrected chi connectivity index (χ2v) is 24.9. The van der Waals surface area contributed by atoms with Crippen molar-refractivity contribution in [1.82, 2.24) is 19.6 Å². The Hall–Kier alpha value is -7.34. The molecule has 6 aromatic carbocycles. The molecule has 0 amide bonds. The van der Waals surface area contributed by atoms with Crippen LogP contribution in [0.15, 0.2) is 168 Å². The van der Waals surface area contributed by atoms with Crippen LogP contribution in [0.3, 0.4) is 0 Å². The van der Waals surface area contributed by atoms with E-state index >= 15 is 0 Å². The van der Waals surface area contributed by atoms with Crippen molar-refractivity contribution in [3.05, 3.63) is 196 Å². The molecule has 2 aliphatic heterocycles. The highest BCUT2D eigenvalue weighted by atomic mass is 79.9. The van der Waals surface area contributed by atoms with E-state index in [0.717, 1.165) is 118 Å². The van der Waals surface area contributed by atoms with E-state index in [0.29, 0.717) is 56.5 Å². The Bertz CT molecular complexity index is 3560. The highest BCUT2D eigenvalue weighted by Gasteiger charge is 2.25. The number of aromatic nitrogens is 4. The third-order valence-corrected chi connectivity index (χ3v) is 15.4. The van der Waals surface area contributed by atoms with Crippen LogP contribution in [0, 0.1) is 0 Å². The normalized spacial score (nSPS) is 15.8. The van der Waals surface area contributed by atoms with Gasteiger partial charge >= 0.3 is 19.1 Å².